The third kappa shape index (κ3) is 3.03. The van der Waals surface area contributed by atoms with Crippen molar-refractivity contribution in [2.75, 3.05) is 10.5 Å². The number of nitrogens with one attached hydrogen (secondary N) is 1. The van der Waals surface area contributed by atoms with Crippen molar-refractivity contribution in [3.05, 3.63) is 53.8 Å². The molecule has 2 aromatic rings. The minimum absolute atomic E-state index is 0.0306. The number of rotatable bonds is 3. The average molecular weight is 280 g/mol. The first-order valence-corrected chi connectivity index (χ1v) is 7.01. The molecule has 4 nitrogen and oxygen atoms in total. The Hall–Kier alpha value is -2.08. The lowest BCUT2D eigenvalue weighted by atomic mass is 10.2. The van der Waals surface area contributed by atoms with Crippen LogP contribution in [0.5, 0.6) is 0 Å². The molecule has 0 bridgehead atoms. The van der Waals surface area contributed by atoms with Crippen LogP contribution < -0.4 is 10.5 Å². The predicted octanol–water partition coefficient (Wildman–Crippen LogP) is 2.52. The minimum Gasteiger partial charge on any atom is -0.398 e. The molecule has 3 N–H and O–H groups in total. The number of nitrogens with two attached hydrogens (primary N) is 1. The van der Waals surface area contributed by atoms with E-state index in [1.807, 2.05) is 0 Å². The standard InChI is InChI=1S/C13H13FN2O2S/c1-9-6-10(14)8-11(7-9)16-19(17,18)13-5-3-2-4-12(13)15/h2-8,16H,15H2,1H3. The van der Waals surface area contributed by atoms with Gasteiger partial charge in [-0.2, -0.15) is 0 Å². The van der Waals surface area contributed by atoms with Crippen molar-refractivity contribution in [2.45, 2.75) is 11.8 Å². The summed E-state index contributed by atoms with van der Waals surface area (Å²) in [6, 6.07) is 10.1. The largest absolute Gasteiger partial charge is 0.398 e. The molecule has 0 aliphatic heterocycles. The van der Waals surface area contributed by atoms with Crippen LogP contribution in [0.3, 0.4) is 0 Å². The Morgan fingerprint density at radius 3 is 2.47 bits per heavy atom. The summed E-state index contributed by atoms with van der Waals surface area (Å²) in [4.78, 5) is -0.0306. The van der Waals surface area contributed by atoms with Gasteiger partial charge in [-0.25, -0.2) is 12.8 Å². The Kier molecular flexibility index (Phi) is 3.44. The van der Waals surface area contributed by atoms with Gasteiger partial charge >= 0.3 is 0 Å². The van der Waals surface area contributed by atoms with Gasteiger partial charge in [0.2, 0.25) is 0 Å². The van der Waals surface area contributed by atoms with Crippen molar-refractivity contribution in [2.24, 2.45) is 0 Å². The van der Waals surface area contributed by atoms with E-state index in [4.69, 9.17) is 5.73 Å². The summed E-state index contributed by atoms with van der Waals surface area (Å²) in [7, 11) is -3.82. The molecule has 0 aliphatic carbocycles. The molecule has 0 heterocycles. The quantitative estimate of drug-likeness (QED) is 0.848. The summed E-state index contributed by atoms with van der Waals surface area (Å²) in [6.45, 7) is 1.68. The number of hydrogen-bond donors (Lipinski definition) is 2. The van der Waals surface area contributed by atoms with Crippen LogP contribution >= 0.6 is 0 Å². The zero-order valence-corrected chi connectivity index (χ0v) is 11.0. The lowest BCUT2D eigenvalue weighted by Crippen LogP contribution is -2.14. The fraction of sp³-hybridized carbons (Fsp3) is 0.0769. The molecule has 0 spiro atoms. The number of para-hydroxylation sites is 1. The third-order valence-corrected chi connectivity index (χ3v) is 3.96. The van der Waals surface area contributed by atoms with E-state index < -0.39 is 15.8 Å². The van der Waals surface area contributed by atoms with Gasteiger partial charge in [0.15, 0.2) is 0 Å². The molecule has 100 valence electrons. The highest BCUT2D eigenvalue weighted by atomic mass is 32.2. The van der Waals surface area contributed by atoms with Crippen LogP contribution in [0.15, 0.2) is 47.4 Å². The lowest BCUT2D eigenvalue weighted by Gasteiger charge is -2.10. The second-order valence-electron chi connectivity index (χ2n) is 4.16. The molecular weight excluding hydrogens is 267 g/mol. The molecule has 0 aliphatic rings. The average Bonchev–Trinajstić information content (AvgIpc) is 2.26. The number of anilines is 2. The van der Waals surface area contributed by atoms with E-state index in [1.54, 1.807) is 25.1 Å². The summed E-state index contributed by atoms with van der Waals surface area (Å²) in [5.74, 6) is -0.501. The molecular formula is C13H13FN2O2S. The maximum Gasteiger partial charge on any atom is 0.263 e. The molecule has 0 atom stereocenters. The molecule has 0 saturated carbocycles. The van der Waals surface area contributed by atoms with Crippen LogP contribution in [0.25, 0.3) is 0 Å². The first-order valence-electron chi connectivity index (χ1n) is 5.53. The van der Waals surface area contributed by atoms with Gasteiger partial charge in [0, 0.05) is 0 Å². The number of benzene rings is 2. The van der Waals surface area contributed by atoms with Crippen LogP contribution in [0.1, 0.15) is 5.56 Å². The third-order valence-electron chi connectivity index (χ3n) is 2.50. The smallest absolute Gasteiger partial charge is 0.263 e. The zero-order valence-electron chi connectivity index (χ0n) is 10.2. The molecule has 0 saturated heterocycles. The van der Waals surface area contributed by atoms with Crippen LogP contribution in [0, 0.1) is 12.7 Å². The van der Waals surface area contributed by atoms with Gasteiger partial charge in [-0.15, -0.1) is 0 Å². The predicted molar refractivity (Wildman–Crippen MR) is 72.8 cm³/mol. The summed E-state index contributed by atoms with van der Waals surface area (Å²) in [5.41, 5.74) is 6.56. The van der Waals surface area contributed by atoms with E-state index in [0.717, 1.165) is 6.07 Å². The minimum atomic E-state index is -3.82. The van der Waals surface area contributed by atoms with Crippen molar-refractivity contribution < 1.29 is 12.8 Å². The van der Waals surface area contributed by atoms with Crippen molar-refractivity contribution in [1.29, 1.82) is 0 Å². The van der Waals surface area contributed by atoms with Crippen molar-refractivity contribution >= 4 is 21.4 Å². The number of hydrogen-bond acceptors (Lipinski definition) is 3. The Balaban J connectivity index is 2.39. The highest BCUT2D eigenvalue weighted by Gasteiger charge is 2.17. The second-order valence-corrected chi connectivity index (χ2v) is 5.81. The first kappa shape index (κ1) is 13.4. The topological polar surface area (TPSA) is 72.2 Å². The fourth-order valence-corrected chi connectivity index (χ4v) is 2.90. The highest BCUT2D eigenvalue weighted by Crippen LogP contribution is 2.22. The summed E-state index contributed by atoms with van der Waals surface area (Å²) < 4.78 is 39.8. The van der Waals surface area contributed by atoms with E-state index in [1.165, 1.54) is 18.2 Å². The molecule has 2 rings (SSSR count). The molecule has 19 heavy (non-hydrogen) atoms. The zero-order chi connectivity index (χ0) is 14.0. The van der Waals surface area contributed by atoms with Crippen molar-refractivity contribution in [3.8, 4) is 0 Å². The first-order chi connectivity index (χ1) is 8.88. The number of aryl methyl sites for hydroxylation is 1. The second kappa shape index (κ2) is 4.89. The molecule has 0 amide bonds. The van der Waals surface area contributed by atoms with Crippen LogP contribution in [-0.4, -0.2) is 8.42 Å². The van der Waals surface area contributed by atoms with Gasteiger partial charge < -0.3 is 5.73 Å². The van der Waals surface area contributed by atoms with Crippen LogP contribution in [-0.2, 0) is 10.0 Å². The Morgan fingerprint density at radius 2 is 1.84 bits per heavy atom. The normalized spacial score (nSPS) is 11.3. The summed E-state index contributed by atoms with van der Waals surface area (Å²) in [6.07, 6.45) is 0. The van der Waals surface area contributed by atoms with E-state index in [-0.39, 0.29) is 16.3 Å². The lowest BCUT2D eigenvalue weighted by molar-refractivity contribution is 0.601. The van der Waals surface area contributed by atoms with Gasteiger partial charge in [0.05, 0.1) is 11.4 Å². The van der Waals surface area contributed by atoms with Gasteiger partial charge in [-0.3, -0.25) is 4.72 Å². The molecule has 0 unspecified atom stereocenters. The maximum atomic E-state index is 13.2. The van der Waals surface area contributed by atoms with Crippen LogP contribution in [0.2, 0.25) is 0 Å². The van der Waals surface area contributed by atoms with Gasteiger partial charge in [0.25, 0.3) is 10.0 Å². The van der Waals surface area contributed by atoms with E-state index in [9.17, 15) is 12.8 Å². The van der Waals surface area contributed by atoms with Gasteiger partial charge in [0.1, 0.15) is 10.7 Å². The van der Waals surface area contributed by atoms with Crippen LogP contribution in [0.4, 0.5) is 15.8 Å². The molecule has 6 heteroatoms. The Morgan fingerprint density at radius 1 is 1.16 bits per heavy atom. The van der Waals surface area contributed by atoms with Crippen molar-refractivity contribution in [1.82, 2.24) is 0 Å². The summed E-state index contributed by atoms with van der Waals surface area (Å²) in [5, 5.41) is 0. The fourth-order valence-electron chi connectivity index (χ4n) is 1.73. The number of sulfonamides is 1. The molecule has 0 aromatic heterocycles. The molecule has 0 radical (unpaired) electrons. The highest BCUT2D eigenvalue weighted by molar-refractivity contribution is 7.92. The van der Waals surface area contributed by atoms with E-state index in [0.29, 0.717) is 5.56 Å². The number of halogens is 1. The van der Waals surface area contributed by atoms with E-state index in [2.05, 4.69) is 4.72 Å². The monoisotopic (exact) mass is 280 g/mol. The Bertz CT molecular complexity index is 694. The number of nitrogen functional groups attached to an aromatic ring is 1. The Labute approximate surface area is 111 Å². The SMILES string of the molecule is Cc1cc(F)cc(NS(=O)(=O)c2ccccc2N)c1. The maximum absolute atomic E-state index is 13.2. The van der Waals surface area contributed by atoms with Crippen molar-refractivity contribution in [3.63, 3.8) is 0 Å². The summed E-state index contributed by atoms with van der Waals surface area (Å²) >= 11 is 0. The molecule has 2 aromatic carbocycles. The van der Waals surface area contributed by atoms with Gasteiger partial charge in [-0.1, -0.05) is 12.1 Å². The van der Waals surface area contributed by atoms with Gasteiger partial charge in [-0.05, 0) is 42.8 Å². The molecule has 0 fully saturated rings. The van der Waals surface area contributed by atoms with E-state index >= 15 is 0 Å².